The molecule has 5 heteroatoms. The van der Waals surface area contributed by atoms with E-state index in [1.165, 1.54) is 6.92 Å². The maximum Gasteiger partial charge on any atom is 0.331 e. The number of nitrogens with one attached hydrogen (secondary N) is 1. The van der Waals surface area contributed by atoms with E-state index in [0.29, 0.717) is 13.0 Å². The molecular formula is C15H21NO4. The molecule has 2 N–H and O–H groups in total. The predicted molar refractivity (Wildman–Crippen MR) is 75.3 cm³/mol. The Kier molecular flexibility index (Phi) is 6.73. The quantitative estimate of drug-likeness (QED) is 0.452. The fraction of sp³-hybridized carbons (Fsp3) is 0.467. The lowest BCUT2D eigenvalue weighted by molar-refractivity contribution is -0.159. The summed E-state index contributed by atoms with van der Waals surface area (Å²) in [6, 6.07) is 6.05. The second-order valence-electron chi connectivity index (χ2n) is 4.64. The monoisotopic (exact) mass is 279 g/mol. The van der Waals surface area contributed by atoms with Gasteiger partial charge < -0.3 is 15.2 Å². The summed E-state index contributed by atoms with van der Waals surface area (Å²) in [6.07, 6.45) is 2.37. The van der Waals surface area contributed by atoms with Gasteiger partial charge in [0.15, 0.2) is 0 Å². The van der Waals surface area contributed by atoms with Crippen molar-refractivity contribution < 1.29 is 19.4 Å². The molecule has 0 fully saturated rings. The zero-order valence-corrected chi connectivity index (χ0v) is 11.9. The molecule has 5 nitrogen and oxygen atoms in total. The molecule has 1 atom stereocenters. The maximum absolute atomic E-state index is 11.9. The third kappa shape index (κ3) is 5.84. The summed E-state index contributed by atoms with van der Waals surface area (Å²) < 4.78 is 4.65. The maximum atomic E-state index is 11.9. The molecule has 1 aromatic carbocycles. The smallest absolute Gasteiger partial charge is 0.331 e. The van der Waals surface area contributed by atoms with Crippen molar-refractivity contribution in [3.05, 3.63) is 29.8 Å². The molecule has 1 aromatic rings. The molecular weight excluding hydrogens is 258 g/mol. The van der Waals surface area contributed by atoms with Crippen LogP contribution in [-0.2, 0) is 20.7 Å². The highest BCUT2D eigenvalue weighted by molar-refractivity contribution is 5.87. The van der Waals surface area contributed by atoms with Gasteiger partial charge in [-0.3, -0.25) is 4.79 Å². The van der Waals surface area contributed by atoms with Crippen LogP contribution in [0.15, 0.2) is 24.3 Å². The number of carbonyl (C=O) groups excluding carboxylic acids is 2. The van der Waals surface area contributed by atoms with Crippen LogP contribution in [0.25, 0.3) is 0 Å². The van der Waals surface area contributed by atoms with E-state index in [4.69, 9.17) is 0 Å². The average Bonchev–Trinajstić information content (AvgIpc) is 2.39. The molecule has 0 bridgehead atoms. The first-order valence-electron chi connectivity index (χ1n) is 6.76. The molecule has 0 spiro atoms. The molecule has 0 aliphatic heterocycles. The molecule has 0 aromatic heterocycles. The zero-order chi connectivity index (χ0) is 15.0. The van der Waals surface area contributed by atoms with Crippen LogP contribution in [0.3, 0.4) is 0 Å². The van der Waals surface area contributed by atoms with Crippen molar-refractivity contribution in [1.29, 1.82) is 0 Å². The van der Waals surface area contributed by atoms with E-state index in [-0.39, 0.29) is 5.75 Å². The van der Waals surface area contributed by atoms with Crippen molar-refractivity contribution in [3.63, 3.8) is 0 Å². The second kappa shape index (κ2) is 8.32. The third-order valence-corrected chi connectivity index (χ3v) is 2.83. The average molecular weight is 279 g/mol. The van der Waals surface area contributed by atoms with Crippen molar-refractivity contribution >= 4 is 11.9 Å². The van der Waals surface area contributed by atoms with Crippen LogP contribution in [0.4, 0.5) is 0 Å². The van der Waals surface area contributed by atoms with Gasteiger partial charge in [0, 0.05) is 6.92 Å². The number of benzene rings is 1. The van der Waals surface area contributed by atoms with Crippen molar-refractivity contribution in [2.75, 3.05) is 6.54 Å². The van der Waals surface area contributed by atoms with E-state index in [9.17, 15) is 14.7 Å². The van der Waals surface area contributed by atoms with Crippen molar-refractivity contribution in [3.8, 4) is 5.75 Å². The standard InChI is InChI=1S/C15H21NO4/c1-3-4-9-16-14(15(19)20-11(2)17)10-12-5-7-13(18)8-6-12/h5-8,14,16,18H,3-4,9-10H2,1-2H3/t14-/m0/s1. The summed E-state index contributed by atoms with van der Waals surface area (Å²) in [5, 5.41) is 12.3. The van der Waals surface area contributed by atoms with Gasteiger partial charge in [0.05, 0.1) is 0 Å². The van der Waals surface area contributed by atoms with Crippen LogP contribution < -0.4 is 5.32 Å². The minimum absolute atomic E-state index is 0.176. The molecule has 20 heavy (non-hydrogen) atoms. The summed E-state index contributed by atoms with van der Waals surface area (Å²) in [6.45, 7) is 3.96. The lowest BCUT2D eigenvalue weighted by Crippen LogP contribution is -2.41. The van der Waals surface area contributed by atoms with Crippen LogP contribution in [0, 0.1) is 0 Å². The van der Waals surface area contributed by atoms with Crippen LogP contribution in [0.1, 0.15) is 32.3 Å². The fourth-order valence-corrected chi connectivity index (χ4v) is 1.77. The Balaban J connectivity index is 2.67. The Morgan fingerprint density at radius 1 is 1.30 bits per heavy atom. The fourth-order valence-electron chi connectivity index (χ4n) is 1.77. The Hall–Kier alpha value is -1.88. The molecule has 0 amide bonds. The van der Waals surface area contributed by atoms with Crippen LogP contribution in [-0.4, -0.2) is 29.6 Å². The Morgan fingerprint density at radius 2 is 1.95 bits per heavy atom. The van der Waals surface area contributed by atoms with Gasteiger partial charge >= 0.3 is 11.9 Å². The van der Waals surface area contributed by atoms with Gasteiger partial charge in [0.2, 0.25) is 0 Å². The van der Waals surface area contributed by atoms with E-state index >= 15 is 0 Å². The van der Waals surface area contributed by atoms with E-state index in [2.05, 4.69) is 17.0 Å². The SMILES string of the molecule is CCCCN[C@@H](Cc1ccc(O)cc1)C(=O)OC(C)=O. The number of unbranched alkanes of at least 4 members (excludes halogenated alkanes) is 1. The van der Waals surface area contributed by atoms with Crippen molar-refractivity contribution in [2.45, 2.75) is 39.2 Å². The number of rotatable bonds is 7. The third-order valence-electron chi connectivity index (χ3n) is 2.83. The van der Waals surface area contributed by atoms with Crippen molar-refractivity contribution in [1.82, 2.24) is 5.32 Å². The van der Waals surface area contributed by atoms with Gasteiger partial charge in [-0.2, -0.15) is 0 Å². The summed E-state index contributed by atoms with van der Waals surface area (Å²) in [5.41, 5.74) is 0.886. The van der Waals surface area contributed by atoms with Gasteiger partial charge in [0.25, 0.3) is 0 Å². The van der Waals surface area contributed by atoms with Gasteiger partial charge in [-0.15, -0.1) is 0 Å². The highest BCUT2D eigenvalue weighted by Crippen LogP contribution is 2.12. The van der Waals surface area contributed by atoms with Crippen molar-refractivity contribution in [2.24, 2.45) is 0 Å². The summed E-state index contributed by atoms with van der Waals surface area (Å²) in [4.78, 5) is 22.7. The summed E-state index contributed by atoms with van der Waals surface area (Å²) >= 11 is 0. The number of hydrogen-bond donors (Lipinski definition) is 2. The van der Waals surface area contributed by atoms with E-state index in [1.54, 1.807) is 24.3 Å². The number of phenols is 1. The van der Waals surface area contributed by atoms with E-state index in [1.807, 2.05) is 0 Å². The summed E-state index contributed by atoms with van der Waals surface area (Å²) in [5.74, 6) is -1.000. The minimum Gasteiger partial charge on any atom is -0.508 e. The molecule has 0 unspecified atom stereocenters. The molecule has 110 valence electrons. The zero-order valence-electron chi connectivity index (χ0n) is 11.9. The van der Waals surface area contributed by atoms with Gasteiger partial charge in [0.1, 0.15) is 11.8 Å². The first-order chi connectivity index (χ1) is 9.52. The number of hydrogen-bond acceptors (Lipinski definition) is 5. The lowest BCUT2D eigenvalue weighted by Gasteiger charge is -2.16. The molecule has 0 aliphatic carbocycles. The summed E-state index contributed by atoms with van der Waals surface area (Å²) in [7, 11) is 0. The number of ether oxygens (including phenoxy) is 1. The Labute approximate surface area is 118 Å². The first kappa shape index (κ1) is 16.2. The second-order valence-corrected chi connectivity index (χ2v) is 4.64. The van der Waals surface area contributed by atoms with Gasteiger partial charge in [-0.05, 0) is 37.1 Å². The predicted octanol–water partition coefficient (Wildman–Crippen LogP) is 1.78. The van der Waals surface area contributed by atoms with Crippen LogP contribution in [0.5, 0.6) is 5.75 Å². The molecule has 0 aliphatic rings. The molecule has 1 rings (SSSR count). The van der Waals surface area contributed by atoms with Crippen LogP contribution >= 0.6 is 0 Å². The minimum atomic E-state index is -0.608. The topological polar surface area (TPSA) is 75.6 Å². The molecule has 0 saturated carbocycles. The number of carbonyl (C=O) groups is 2. The highest BCUT2D eigenvalue weighted by atomic mass is 16.6. The number of esters is 2. The van der Waals surface area contributed by atoms with E-state index in [0.717, 1.165) is 18.4 Å². The highest BCUT2D eigenvalue weighted by Gasteiger charge is 2.21. The van der Waals surface area contributed by atoms with Crippen LogP contribution in [0.2, 0.25) is 0 Å². The normalized spacial score (nSPS) is 11.9. The Bertz CT molecular complexity index is 442. The lowest BCUT2D eigenvalue weighted by atomic mass is 10.1. The van der Waals surface area contributed by atoms with Gasteiger partial charge in [-0.1, -0.05) is 25.5 Å². The van der Waals surface area contributed by atoms with E-state index < -0.39 is 18.0 Å². The number of aromatic hydroxyl groups is 1. The van der Waals surface area contributed by atoms with Gasteiger partial charge in [-0.25, -0.2) is 4.79 Å². The Morgan fingerprint density at radius 3 is 2.50 bits per heavy atom. The molecule has 0 radical (unpaired) electrons. The molecule has 0 heterocycles. The molecule has 0 saturated heterocycles. The largest absolute Gasteiger partial charge is 0.508 e. The first-order valence-corrected chi connectivity index (χ1v) is 6.76. The number of phenolic OH excluding ortho intramolecular Hbond substituents is 1.